The van der Waals surface area contributed by atoms with Gasteiger partial charge in [-0.05, 0) is 78.1 Å². The van der Waals surface area contributed by atoms with Gasteiger partial charge in [0.2, 0.25) is 0 Å². The molecule has 0 aliphatic carbocycles. The van der Waals surface area contributed by atoms with Crippen molar-refractivity contribution in [3.63, 3.8) is 0 Å². The van der Waals surface area contributed by atoms with Crippen molar-refractivity contribution in [2.75, 3.05) is 26.2 Å². The van der Waals surface area contributed by atoms with E-state index < -0.39 is 0 Å². The summed E-state index contributed by atoms with van der Waals surface area (Å²) in [6.07, 6.45) is 3.09. The van der Waals surface area contributed by atoms with Crippen LogP contribution in [0.1, 0.15) is 36.3 Å². The number of aliphatic hydroxyl groups excluding tert-OH is 1. The van der Waals surface area contributed by atoms with Crippen LogP contribution in [0.3, 0.4) is 0 Å². The number of likely N-dealkylation sites (tertiary alicyclic amines) is 2. The Kier molecular flexibility index (Phi) is 6.48. The summed E-state index contributed by atoms with van der Waals surface area (Å²) in [6.45, 7) is 5.14. The SMILES string of the molecule is O[C@@H]1CCN(Cc2ccccc2I)C[C@H]1N1CCC(c2ccccc2)CC1. The average molecular weight is 476 g/mol. The zero-order valence-electron chi connectivity index (χ0n) is 15.8. The Hall–Kier alpha value is -0.950. The maximum absolute atomic E-state index is 10.7. The smallest absolute Gasteiger partial charge is 0.0720 e. The molecule has 2 aromatic rings. The van der Waals surface area contributed by atoms with E-state index in [1.165, 1.54) is 27.5 Å². The van der Waals surface area contributed by atoms with E-state index in [4.69, 9.17) is 0 Å². The molecule has 2 aromatic carbocycles. The molecule has 4 heteroatoms. The molecule has 2 heterocycles. The minimum absolute atomic E-state index is 0.190. The number of halogens is 1. The zero-order chi connectivity index (χ0) is 18.6. The largest absolute Gasteiger partial charge is 0.391 e. The number of rotatable bonds is 4. The van der Waals surface area contributed by atoms with Crippen LogP contribution in [-0.2, 0) is 6.54 Å². The Labute approximate surface area is 176 Å². The van der Waals surface area contributed by atoms with E-state index in [2.05, 4.69) is 87.0 Å². The number of nitrogens with zero attached hydrogens (tertiary/aromatic N) is 2. The third kappa shape index (κ3) is 4.73. The molecular formula is C23H29IN2O. The van der Waals surface area contributed by atoms with E-state index in [0.29, 0.717) is 5.92 Å². The summed E-state index contributed by atoms with van der Waals surface area (Å²) in [4.78, 5) is 5.07. The standard InChI is InChI=1S/C23H29IN2O/c24-21-9-5-4-8-20(21)16-25-13-12-23(27)22(17-25)26-14-10-19(11-15-26)18-6-2-1-3-7-18/h1-9,19,22-23,27H,10-17H2/t22-,23-/m1/s1. The van der Waals surface area contributed by atoms with Gasteiger partial charge in [-0.3, -0.25) is 9.80 Å². The number of aliphatic hydroxyl groups is 1. The summed E-state index contributed by atoms with van der Waals surface area (Å²) in [5.74, 6) is 0.671. The summed E-state index contributed by atoms with van der Waals surface area (Å²) in [5.41, 5.74) is 2.87. The normalized spacial score (nSPS) is 25.6. The second-order valence-corrected chi connectivity index (χ2v) is 9.13. The highest BCUT2D eigenvalue weighted by atomic mass is 127. The minimum atomic E-state index is -0.190. The van der Waals surface area contributed by atoms with E-state index in [0.717, 1.165) is 39.1 Å². The topological polar surface area (TPSA) is 26.7 Å². The highest BCUT2D eigenvalue weighted by Gasteiger charge is 2.34. The first-order chi connectivity index (χ1) is 13.2. The van der Waals surface area contributed by atoms with Gasteiger partial charge in [-0.15, -0.1) is 0 Å². The fourth-order valence-corrected chi connectivity index (χ4v) is 5.20. The van der Waals surface area contributed by atoms with E-state index in [1.54, 1.807) is 0 Å². The maximum atomic E-state index is 10.7. The molecule has 2 fully saturated rings. The molecule has 0 unspecified atom stereocenters. The summed E-state index contributed by atoms with van der Waals surface area (Å²) in [6, 6.07) is 19.8. The lowest BCUT2D eigenvalue weighted by atomic mass is 9.88. The molecule has 0 amide bonds. The van der Waals surface area contributed by atoms with Crippen molar-refractivity contribution < 1.29 is 5.11 Å². The van der Waals surface area contributed by atoms with E-state index in [-0.39, 0.29) is 12.1 Å². The summed E-state index contributed by atoms with van der Waals surface area (Å²) < 4.78 is 1.33. The van der Waals surface area contributed by atoms with Crippen molar-refractivity contribution in [2.24, 2.45) is 0 Å². The van der Waals surface area contributed by atoms with Crippen molar-refractivity contribution in [2.45, 2.75) is 43.9 Å². The van der Waals surface area contributed by atoms with E-state index in [1.807, 2.05) is 0 Å². The second kappa shape index (κ2) is 9.03. The molecule has 0 bridgehead atoms. The summed E-state index contributed by atoms with van der Waals surface area (Å²) in [7, 11) is 0. The van der Waals surface area contributed by atoms with Crippen LogP contribution in [0.2, 0.25) is 0 Å². The van der Waals surface area contributed by atoms with Crippen molar-refractivity contribution in [1.82, 2.24) is 9.80 Å². The molecule has 1 N–H and O–H groups in total. The first-order valence-corrected chi connectivity index (χ1v) is 11.2. The fourth-order valence-electron chi connectivity index (χ4n) is 4.64. The monoisotopic (exact) mass is 476 g/mol. The van der Waals surface area contributed by atoms with Gasteiger partial charge in [-0.1, -0.05) is 48.5 Å². The molecule has 144 valence electrons. The molecule has 2 atom stereocenters. The molecule has 2 saturated heterocycles. The number of piperidine rings is 2. The number of hydrogen-bond donors (Lipinski definition) is 1. The van der Waals surface area contributed by atoms with E-state index >= 15 is 0 Å². The Morgan fingerprint density at radius 2 is 1.59 bits per heavy atom. The van der Waals surface area contributed by atoms with Crippen molar-refractivity contribution >= 4 is 22.6 Å². The summed E-state index contributed by atoms with van der Waals surface area (Å²) in [5, 5.41) is 10.7. The van der Waals surface area contributed by atoms with Crippen molar-refractivity contribution in [3.8, 4) is 0 Å². The average Bonchev–Trinajstić information content (AvgIpc) is 2.72. The van der Waals surface area contributed by atoms with Crippen LogP contribution in [0.25, 0.3) is 0 Å². The fraction of sp³-hybridized carbons (Fsp3) is 0.478. The predicted molar refractivity (Wildman–Crippen MR) is 119 cm³/mol. The van der Waals surface area contributed by atoms with Gasteiger partial charge >= 0.3 is 0 Å². The molecule has 2 aliphatic rings. The quantitative estimate of drug-likeness (QED) is 0.674. The Bertz CT molecular complexity index is 730. The molecule has 0 radical (unpaired) electrons. The van der Waals surface area contributed by atoms with Crippen molar-refractivity contribution in [3.05, 3.63) is 69.3 Å². The van der Waals surface area contributed by atoms with Gasteiger partial charge in [0.15, 0.2) is 0 Å². The zero-order valence-corrected chi connectivity index (χ0v) is 18.0. The van der Waals surface area contributed by atoms with Crippen LogP contribution in [-0.4, -0.2) is 53.2 Å². The van der Waals surface area contributed by atoms with Crippen molar-refractivity contribution in [1.29, 1.82) is 0 Å². The van der Waals surface area contributed by atoms with Gasteiger partial charge in [-0.2, -0.15) is 0 Å². The Morgan fingerprint density at radius 3 is 2.33 bits per heavy atom. The third-order valence-electron chi connectivity index (χ3n) is 6.25. The lowest BCUT2D eigenvalue weighted by Crippen LogP contribution is -2.56. The lowest BCUT2D eigenvalue weighted by Gasteiger charge is -2.45. The van der Waals surface area contributed by atoms with E-state index in [9.17, 15) is 5.11 Å². The maximum Gasteiger partial charge on any atom is 0.0720 e. The highest BCUT2D eigenvalue weighted by molar-refractivity contribution is 14.1. The molecule has 0 saturated carbocycles. The molecule has 4 rings (SSSR count). The van der Waals surface area contributed by atoms with Crippen LogP contribution < -0.4 is 0 Å². The van der Waals surface area contributed by atoms with Gasteiger partial charge < -0.3 is 5.11 Å². The molecule has 0 spiro atoms. The molecule has 2 aliphatic heterocycles. The number of benzene rings is 2. The van der Waals surface area contributed by atoms with Gasteiger partial charge in [0.25, 0.3) is 0 Å². The molecule has 0 aromatic heterocycles. The molecular weight excluding hydrogens is 447 g/mol. The summed E-state index contributed by atoms with van der Waals surface area (Å²) >= 11 is 2.43. The number of hydrogen-bond acceptors (Lipinski definition) is 3. The Balaban J connectivity index is 1.36. The highest BCUT2D eigenvalue weighted by Crippen LogP contribution is 2.30. The minimum Gasteiger partial charge on any atom is -0.391 e. The van der Waals surface area contributed by atoms with Gasteiger partial charge in [0.1, 0.15) is 0 Å². The predicted octanol–water partition coefficient (Wildman–Crippen LogP) is 4.11. The first kappa shape index (κ1) is 19.4. The van der Waals surface area contributed by atoms with Crippen LogP contribution in [0.5, 0.6) is 0 Å². The van der Waals surface area contributed by atoms with Gasteiger partial charge in [-0.25, -0.2) is 0 Å². The Morgan fingerprint density at radius 1 is 0.889 bits per heavy atom. The third-order valence-corrected chi connectivity index (χ3v) is 7.30. The molecule has 27 heavy (non-hydrogen) atoms. The van der Waals surface area contributed by atoms with Gasteiger partial charge in [0.05, 0.1) is 6.10 Å². The second-order valence-electron chi connectivity index (χ2n) is 7.97. The lowest BCUT2D eigenvalue weighted by molar-refractivity contribution is -0.0222. The molecule has 3 nitrogen and oxygen atoms in total. The first-order valence-electron chi connectivity index (χ1n) is 10.1. The van der Waals surface area contributed by atoms with Crippen LogP contribution in [0.4, 0.5) is 0 Å². The van der Waals surface area contributed by atoms with Crippen LogP contribution in [0.15, 0.2) is 54.6 Å². The van der Waals surface area contributed by atoms with Crippen LogP contribution >= 0.6 is 22.6 Å². The van der Waals surface area contributed by atoms with Gasteiger partial charge in [0, 0.05) is 29.2 Å². The van der Waals surface area contributed by atoms with Crippen LogP contribution in [0, 0.1) is 3.57 Å².